The van der Waals surface area contributed by atoms with Crippen LogP contribution in [-0.4, -0.2) is 41.4 Å². The van der Waals surface area contributed by atoms with Gasteiger partial charge in [0.1, 0.15) is 0 Å². The molecule has 0 radical (unpaired) electrons. The lowest BCUT2D eigenvalue weighted by molar-refractivity contribution is 0.208. The minimum atomic E-state index is 0. The highest BCUT2D eigenvalue weighted by Gasteiger charge is 2.17. The standard InChI is InChI=1S/C11H22N4.2ClH/c1-11(2,9-12)10-14(3)7-8-15-6-4-5-13-15;;/h4-6H,7-10,12H2,1-3H3;2*1H. The summed E-state index contributed by atoms with van der Waals surface area (Å²) in [7, 11) is 2.13. The van der Waals surface area contributed by atoms with Gasteiger partial charge in [-0.15, -0.1) is 24.8 Å². The Balaban J connectivity index is 0. The molecule has 17 heavy (non-hydrogen) atoms. The fraction of sp³-hybridized carbons (Fsp3) is 0.727. The van der Waals surface area contributed by atoms with Crippen molar-refractivity contribution >= 4 is 24.8 Å². The van der Waals surface area contributed by atoms with Gasteiger partial charge in [0.25, 0.3) is 0 Å². The molecule has 4 nitrogen and oxygen atoms in total. The van der Waals surface area contributed by atoms with Crippen LogP contribution in [0.2, 0.25) is 0 Å². The van der Waals surface area contributed by atoms with Gasteiger partial charge in [-0.2, -0.15) is 5.10 Å². The van der Waals surface area contributed by atoms with E-state index in [0.29, 0.717) is 0 Å². The molecule has 2 N–H and O–H groups in total. The van der Waals surface area contributed by atoms with E-state index in [0.717, 1.165) is 26.2 Å². The minimum Gasteiger partial charge on any atom is -0.330 e. The maximum Gasteiger partial charge on any atom is 0.0536 e. The maximum atomic E-state index is 5.70. The van der Waals surface area contributed by atoms with Crippen molar-refractivity contribution in [3.05, 3.63) is 18.5 Å². The Morgan fingerprint density at radius 1 is 1.35 bits per heavy atom. The molecule has 102 valence electrons. The van der Waals surface area contributed by atoms with E-state index in [-0.39, 0.29) is 30.2 Å². The van der Waals surface area contributed by atoms with Gasteiger partial charge in [0.15, 0.2) is 0 Å². The highest BCUT2D eigenvalue weighted by molar-refractivity contribution is 5.85. The Labute approximate surface area is 116 Å². The molecule has 1 aromatic rings. The zero-order chi connectivity index (χ0) is 11.3. The van der Waals surface area contributed by atoms with Gasteiger partial charge in [-0.3, -0.25) is 4.68 Å². The average molecular weight is 283 g/mol. The number of rotatable bonds is 6. The number of hydrogen-bond acceptors (Lipinski definition) is 3. The summed E-state index contributed by atoms with van der Waals surface area (Å²) in [5.41, 5.74) is 5.89. The van der Waals surface area contributed by atoms with E-state index < -0.39 is 0 Å². The van der Waals surface area contributed by atoms with Gasteiger partial charge < -0.3 is 10.6 Å². The van der Waals surface area contributed by atoms with Crippen molar-refractivity contribution in [1.29, 1.82) is 0 Å². The summed E-state index contributed by atoms with van der Waals surface area (Å²) in [6, 6.07) is 1.95. The molecule has 1 rings (SSSR count). The quantitative estimate of drug-likeness (QED) is 0.863. The first kappa shape index (κ1) is 19.1. The predicted octanol–water partition coefficient (Wildman–Crippen LogP) is 1.64. The molecule has 1 heterocycles. The Morgan fingerprint density at radius 3 is 2.47 bits per heavy atom. The summed E-state index contributed by atoms with van der Waals surface area (Å²) < 4.78 is 1.95. The first-order chi connectivity index (χ1) is 7.03. The number of nitrogens with zero attached hydrogens (tertiary/aromatic N) is 3. The molecule has 0 aliphatic heterocycles. The Bertz CT molecular complexity index is 275. The molecule has 0 atom stereocenters. The summed E-state index contributed by atoms with van der Waals surface area (Å²) in [5, 5.41) is 4.17. The zero-order valence-electron chi connectivity index (χ0n) is 10.8. The molecule has 0 saturated heterocycles. The van der Waals surface area contributed by atoms with Crippen molar-refractivity contribution in [1.82, 2.24) is 14.7 Å². The Morgan fingerprint density at radius 2 is 2.00 bits per heavy atom. The van der Waals surface area contributed by atoms with Crippen molar-refractivity contribution in [3.63, 3.8) is 0 Å². The van der Waals surface area contributed by atoms with Crippen LogP contribution in [0.5, 0.6) is 0 Å². The van der Waals surface area contributed by atoms with Gasteiger partial charge in [0.05, 0.1) is 6.54 Å². The van der Waals surface area contributed by atoms with Gasteiger partial charge in [-0.1, -0.05) is 13.8 Å². The van der Waals surface area contributed by atoms with Crippen molar-refractivity contribution in [2.24, 2.45) is 11.1 Å². The molecule has 0 saturated carbocycles. The summed E-state index contributed by atoms with van der Waals surface area (Å²) in [6.07, 6.45) is 3.80. The first-order valence-electron chi connectivity index (χ1n) is 5.39. The number of hydrogen-bond donors (Lipinski definition) is 1. The lowest BCUT2D eigenvalue weighted by Gasteiger charge is -2.28. The number of nitrogens with two attached hydrogens (primary N) is 1. The van der Waals surface area contributed by atoms with E-state index in [4.69, 9.17) is 5.73 Å². The van der Waals surface area contributed by atoms with Gasteiger partial charge in [0.2, 0.25) is 0 Å². The van der Waals surface area contributed by atoms with Gasteiger partial charge >= 0.3 is 0 Å². The van der Waals surface area contributed by atoms with Crippen LogP contribution in [0.1, 0.15) is 13.8 Å². The van der Waals surface area contributed by atoms with E-state index >= 15 is 0 Å². The van der Waals surface area contributed by atoms with E-state index in [1.165, 1.54) is 0 Å². The minimum absolute atomic E-state index is 0. The molecular weight excluding hydrogens is 259 g/mol. The van der Waals surface area contributed by atoms with Crippen LogP contribution >= 0.6 is 24.8 Å². The summed E-state index contributed by atoms with van der Waals surface area (Å²) in [4.78, 5) is 2.30. The largest absolute Gasteiger partial charge is 0.330 e. The second kappa shape index (κ2) is 8.75. The van der Waals surface area contributed by atoms with Crippen molar-refractivity contribution < 1.29 is 0 Å². The molecule has 0 spiro atoms. The van der Waals surface area contributed by atoms with E-state index in [2.05, 4.69) is 30.9 Å². The molecular formula is C11H24Cl2N4. The summed E-state index contributed by atoms with van der Waals surface area (Å²) in [6.45, 7) is 8.06. The number of likely N-dealkylation sites (N-methyl/N-ethyl adjacent to an activating group) is 1. The topological polar surface area (TPSA) is 47.1 Å². The van der Waals surface area contributed by atoms with E-state index in [1.807, 2.05) is 23.1 Å². The molecule has 0 bridgehead atoms. The van der Waals surface area contributed by atoms with Crippen molar-refractivity contribution in [2.75, 3.05) is 26.7 Å². The normalized spacial score (nSPS) is 10.9. The van der Waals surface area contributed by atoms with Crippen LogP contribution in [0.3, 0.4) is 0 Å². The lowest BCUT2D eigenvalue weighted by Crippen LogP contribution is -2.38. The maximum absolute atomic E-state index is 5.70. The second-order valence-corrected chi connectivity index (χ2v) is 4.88. The Kier molecular flexibility index (Phi) is 9.81. The zero-order valence-corrected chi connectivity index (χ0v) is 12.4. The van der Waals surface area contributed by atoms with Gasteiger partial charge in [-0.25, -0.2) is 0 Å². The third-order valence-corrected chi connectivity index (χ3v) is 2.52. The highest BCUT2D eigenvalue weighted by atomic mass is 35.5. The fourth-order valence-corrected chi connectivity index (χ4v) is 1.58. The van der Waals surface area contributed by atoms with Crippen molar-refractivity contribution in [3.8, 4) is 0 Å². The van der Waals surface area contributed by atoms with Crippen LogP contribution in [0.15, 0.2) is 18.5 Å². The highest BCUT2D eigenvalue weighted by Crippen LogP contribution is 2.13. The molecule has 6 heteroatoms. The Hall–Kier alpha value is -0.290. The molecule has 0 unspecified atom stereocenters. The van der Waals surface area contributed by atoms with Crippen LogP contribution in [0.4, 0.5) is 0 Å². The third kappa shape index (κ3) is 7.60. The average Bonchev–Trinajstić information content (AvgIpc) is 2.66. The summed E-state index contributed by atoms with van der Waals surface area (Å²) in [5.74, 6) is 0. The molecule has 0 aromatic carbocycles. The SMILES string of the molecule is CN(CCn1cccn1)CC(C)(C)CN.Cl.Cl. The second-order valence-electron chi connectivity index (χ2n) is 4.88. The monoisotopic (exact) mass is 282 g/mol. The number of halogens is 2. The van der Waals surface area contributed by atoms with Crippen molar-refractivity contribution in [2.45, 2.75) is 20.4 Å². The number of aromatic nitrogens is 2. The van der Waals surface area contributed by atoms with Crippen LogP contribution in [0, 0.1) is 5.41 Å². The molecule has 0 aliphatic rings. The van der Waals surface area contributed by atoms with Crippen LogP contribution < -0.4 is 5.73 Å². The van der Waals surface area contributed by atoms with E-state index in [1.54, 1.807) is 0 Å². The lowest BCUT2D eigenvalue weighted by atomic mass is 9.93. The van der Waals surface area contributed by atoms with Gasteiger partial charge in [-0.05, 0) is 25.1 Å². The van der Waals surface area contributed by atoms with Crippen LogP contribution in [-0.2, 0) is 6.54 Å². The van der Waals surface area contributed by atoms with E-state index in [9.17, 15) is 0 Å². The van der Waals surface area contributed by atoms with Gasteiger partial charge in [0, 0.05) is 25.5 Å². The molecule has 1 aromatic heterocycles. The fourth-order valence-electron chi connectivity index (χ4n) is 1.58. The molecule has 0 fully saturated rings. The first-order valence-corrected chi connectivity index (χ1v) is 5.39. The third-order valence-electron chi connectivity index (χ3n) is 2.52. The molecule has 0 aliphatic carbocycles. The summed E-state index contributed by atoms with van der Waals surface area (Å²) >= 11 is 0. The molecule has 0 amide bonds. The smallest absolute Gasteiger partial charge is 0.0536 e. The predicted molar refractivity (Wildman–Crippen MR) is 77.1 cm³/mol. The van der Waals surface area contributed by atoms with Crippen LogP contribution in [0.25, 0.3) is 0 Å².